The standard InChI is InChI=1S/C12H24N2/c1-3-13-7-11-4-5-14(8-11)9-12-6-10(12)2/h10-13H,3-9H2,1-2H3. The second-order valence-electron chi connectivity index (χ2n) is 5.20. The van der Waals surface area contributed by atoms with Crippen LogP contribution in [0.4, 0.5) is 0 Å². The first-order valence-corrected chi connectivity index (χ1v) is 6.22. The predicted molar refractivity (Wildman–Crippen MR) is 60.4 cm³/mol. The molecule has 14 heavy (non-hydrogen) atoms. The van der Waals surface area contributed by atoms with E-state index in [1.165, 1.54) is 39.0 Å². The second kappa shape index (κ2) is 4.63. The molecular formula is C12H24N2. The lowest BCUT2D eigenvalue weighted by Gasteiger charge is -2.15. The molecule has 0 amide bonds. The van der Waals surface area contributed by atoms with Gasteiger partial charge in [-0.15, -0.1) is 0 Å². The molecule has 2 rings (SSSR count). The lowest BCUT2D eigenvalue weighted by molar-refractivity contribution is 0.304. The molecule has 2 fully saturated rings. The Kier molecular flexibility index (Phi) is 3.45. The first-order valence-electron chi connectivity index (χ1n) is 6.22. The topological polar surface area (TPSA) is 15.3 Å². The lowest BCUT2D eigenvalue weighted by atomic mass is 10.1. The van der Waals surface area contributed by atoms with Crippen LogP contribution < -0.4 is 5.32 Å². The van der Waals surface area contributed by atoms with Crippen LogP contribution in [-0.2, 0) is 0 Å². The third-order valence-electron chi connectivity index (χ3n) is 3.82. The van der Waals surface area contributed by atoms with E-state index in [9.17, 15) is 0 Å². The Balaban J connectivity index is 1.62. The SMILES string of the molecule is CCNCC1CCN(CC2CC2C)C1. The van der Waals surface area contributed by atoms with E-state index >= 15 is 0 Å². The van der Waals surface area contributed by atoms with Crippen LogP contribution in [0.1, 0.15) is 26.7 Å². The minimum absolute atomic E-state index is 0.920. The van der Waals surface area contributed by atoms with Crippen molar-refractivity contribution >= 4 is 0 Å². The predicted octanol–water partition coefficient (Wildman–Crippen LogP) is 1.57. The lowest BCUT2D eigenvalue weighted by Crippen LogP contribution is -2.27. The summed E-state index contributed by atoms with van der Waals surface area (Å²) >= 11 is 0. The molecule has 3 unspecified atom stereocenters. The van der Waals surface area contributed by atoms with Gasteiger partial charge in [0.2, 0.25) is 0 Å². The first-order chi connectivity index (χ1) is 6.79. The number of rotatable bonds is 5. The molecule has 82 valence electrons. The Hall–Kier alpha value is -0.0800. The molecule has 0 radical (unpaired) electrons. The summed E-state index contributed by atoms with van der Waals surface area (Å²) in [4.78, 5) is 2.68. The summed E-state index contributed by atoms with van der Waals surface area (Å²) < 4.78 is 0. The molecule has 1 aliphatic carbocycles. The van der Waals surface area contributed by atoms with Crippen LogP contribution in [0.25, 0.3) is 0 Å². The number of likely N-dealkylation sites (tertiary alicyclic amines) is 1. The van der Waals surface area contributed by atoms with Crippen molar-refractivity contribution in [3.63, 3.8) is 0 Å². The largest absolute Gasteiger partial charge is 0.317 e. The normalized spacial score (nSPS) is 37.7. The molecular weight excluding hydrogens is 172 g/mol. The Morgan fingerprint density at radius 1 is 1.43 bits per heavy atom. The van der Waals surface area contributed by atoms with E-state index in [0.29, 0.717) is 0 Å². The van der Waals surface area contributed by atoms with Crippen molar-refractivity contribution in [3.05, 3.63) is 0 Å². The van der Waals surface area contributed by atoms with Gasteiger partial charge >= 0.3 is 0 Å². The molecule has 0 aromatic rings. The van der Waals surface area contributed by atoms with Crippen LogP contribution in [0, 0.1) is 17.8 Å². The molecule has 2 heteroatoms. The van der Waals surface area contributed by atoms with Gasteiger partial charge in [-0.2, -0.15) is 0 Å². The maximum absolute atomic E-state index is 3.46. The summed E-state index contributed by atoms with van der Waals surface area (Å²) in [5.74, 6) is 2.97. The number of hydrogen-bond donors (Lipinski definition) is 1. The molecule has 1 saturated carbocycles. The minimum atomic E-state index is 0.920. The van der Waals surface area contributed by atoms with E-state index in [1.54, 1.807) is 0 Å². The molecule has 3 atom stereocenters. The zero-order chi connectivity index (χ0) is 9.97. The molecule has 0 spiro atoms. The zero-order valence-corrected chi connectivity index (χ0v) is 9.63. The van der Waals surface area contributed by atoms with Crippen molar-refractivity contribution in [2.24, 2.45) is 17.8 Å². The van der Waals surface area contributed by atoms with Crippen LogP contribution in [0.15, 0.2) is 0 Å². The van der Waals surface area contributed by atoms with E-state index < -0.39 is 0 Å². The first kappa shape index (κ1) is 10.4. The fourth-order valence-electron chi connectivity index (χ4n) is 2.58. The van der Waals surface area contributed by atoms with Gasteiger partial charge in [0.15, 0.2) is 0 Å². The average molecular weight is 196 g/mol. The summed E-state index contributed by atoms with van der Waals surface area (Å²) in [6.45, 7) is 11.0. The monoisotopic (exact) mass is 196 g/mol. The van der Waals surface area contributed by atoms with Gasteiger partial charge in [0, 0.05) is 13.1 Å². The van der Waals surface area contributed by atoms with Crippen molar-refractivity contribution in [2.45, 2.75) is 26.7 Å². The number of nitrogens with one attached hydrogen (secondary N) is 1. The maximum atomic E-state index is 3.46. The van der Waals surface area contributed by atoms with Crippen LogP contribution >= 0.6 is 0 Å². The van der Waals surface area contributed by atoms with Crippen LogP contribution in [0.5, 0.6) is 0 Å². The Labute approximate surface area is 88.1 Å². The van der Waals surface area contributed by atoms with E-state index in [-0.39, 0.29) is 0 Å². The van der Waals surface area contributed by atoms with E-state index in [0.717, 1.165) is 24.3 Å². The Morgan fingerprint density at radius 2 is 2.21 bits per heavy atom. The van der Waals surface area contributed by atoms with Crippen molar-refractivity contribution in [1.82, 2.24) is 10.2 Å². The summed E-state index contributed by atoms with van der Waals surface area (Å²) in [5.41, 5.74) is 0. The fourth-order valence-corrected chi connectivity index (χ4v) is 2.58. The van der Waals surface area contributed by atoms with Gasteiger partial charge in [-0.05, 0) is 50.2 Å². The third kappa shape index (κ3) is 2.71. The van der Waals surface area contributed by atoms with Gasteiger partial charge in [0.25, 0.3) is 0 Å². The van der Waals surface area contributed by atoms with Gasteiger partial charge in [-0.1, -0.05) is 13.8 Å². The smallest absolute Gasteiger partial charge is 0.00224 e. The molecule has 1 aliphatic heterocycles. The van der Waals surface area contributed by atoms with Crippen LogP contribution in [0.2, 0.25) is 0 Å². The van der Waals surface area contributed by atoms with Crippen molar-refractivity contribution in [1.29, 1.82) is 0 Å². The van der Waals surface area contributed by atoms with Crippen molar-refractivity contribution in [3.8, 4) is 0 Å². The summed E-state index contributed by atoms with van der Waals surface area (Å²) in [6, 6.07) is 0. The summed E-state index contributed by atoms with van der Waals surface area (Å²) in [6.07, 6.45) is 2.89. The quantitative estimate of drug-likeness (QED) is 0.718. The molecule has 0 aromatic heterocycles. The summed E-state index contributed by atoms with van der Waals surface area (Å²) in [5, 5.41) is 3.46. The highest BCUT2D eigenvalue weighted by atomic mass is 15.2. The van der Waals surface area contributed by atoms with Gasteiger partial charge in [-0.25, -0.2) is 0 Å². The molecule has 1 heterocycles. The Bertz CT molecular complexity index is 181. The van der Waals surface area contributed by atoms with E-state index in [4.69, 9.17) is 0 Å². The highest BCUT2D eigenvalue weighted by Crippen LogP contribution is 2.38. The van der Waals surface area contributed by atoms with E-state index in [2.05, 4.69) is 24.1 Å². The maximum Gasteiger partial charge on any atom is 0.00224 e. The molecule has 0 bridgehead atoms. The molecule has 1 saturated heterocycles. The van der Waals surface area contributed by atoms with Gasteiger partial charge in [0.1, 0.15) is 0 Å². The third-order valence-corrected chi connectivity index (χ3v) is 3.82. The molecule has 2 aliphatic rings. The van der Waals surface area contributed by atoms with Gasteiger partial charge in [-0.3, -0.25) is 0 Å². The Morgan fingerprint density at radius 3 is 2.86 bits per heavy atom. The zero-order valence-electron chi connectivity index (χ0n) is 9.63. The summed E-state index contributed by atoms with van der Waals surface area (Å²) in [7, 11) is 0. The highest BCUT2D eigenvalue weighted by molar-refractivity contribution is 4.87. The fraction of sp³-hybridized carbons (Fsp3) is 1.00. The van der Waals surface area contributed by atoms with Crippen molar-refractivity contribution in [2.75, 3.05) is 32.7 Å². The van der Waals surface area contributed by atoms with Gasteiger partial charge in [0.05, 0.1) is 0 Å². The average Bonchev–Trinajstić information content (AvgIpc) is 2.68. The highest BCUT2D eigenvalue weighted by Gasteiger charge is 2.35. The van der Waals surface area contributed by atoms with Crippen molar-refractivity contribution < 1.29 is 0 Å². The molecule has 0 aromatic carbocycles. The van der Waals surface area contributed by atoms with Gasteiger partial charge < -0.3 is 10.2 Å². The second-order valence-corrected chi connectivity index (χ2v) is 5.20. The number of hydrogen-bond acceptors (Lipinski definition) is 2. The molecule has 2 nitrogen and oxygen atoms in total. The van der Waals surface area contributed by atoms with Crippen LogP contribution in [0.3, 0.4) is 0 Å². The minimum Gasteiger partial charge on any atom is -0.317 e. The molecule has 1 N–H and O–H groups in total. The van der Waals surface area contributed by atoms with Crippen LogP contribution in [-0.4, -0.2) is 37.6 Å². The van der Waals surface area contributed by atoms with E-state index in [1.807, 2.05) is 0 Å². The number of nitrogens with zero attached hydrogens (tertiary/aromatic N) is 1.